The fourth-order valence-electron chi connectivity index (χ4n) is 3.29. The highest BCUT2D eigenvalue weighted by Gasteiger charge is 2.32. The van der Waals surface area contributed by atoms with Crippen LogP contribution in [-0.4, -0.2) is 39.9 Å². The molecule has 0 spiro atoms. The van der Waals surface area contributed by atoms with Gasteiger partial charge in [0.15, 0.2) is 0 Å². The van der Waals surface area contributed by atoms with Gasteiger partial charge in [-0.05, 0) is 29.7 Å². The number of carbonyl (C=O) groups excluding carboxylic acids is 1. The molecule has 0 unspecified atom stereocenters. The smallest absolute Gasteiger partial charge is 0.224 e. The van der Waals surface area contributed by atoms with E-state index in [1.165, 1.54) is 12.1 Å². The van der Waals surface area contributed by atoms with Crippen molar-refractivity contribution >= 4 is 17.7 Å². The van der Waals surface area contributed by atoms with Crippen LogP contribution in [0.2, 0.25) is 0 Å². The van der Waals surface area contributed by atoms with Crippen molar-refractivity contribution in [1.82, 2.24) is 14.9 Å². The first-order chi connectivity index (χ1) is 12.4. The molecule has 2 N–H and O–H groups in total. The Labute approximate surface area is 152 Å². The third-order valence-corrected chi connectivity index (χ3v) is 4.74. The Bertz CT molecular complexity index is 765. The molecular formula is C19H24FN5O. The Hall–Kier alpha value is -2.70. The lowest BCUT2D eigenvalue weighted by molar-refractivity contribution is -0.134. The van der Waals surface area contributed by atoms with Gasteiger partial charge in [0.05, 0.1) is 6.04 Å². The number of amides is 1. The molecule has 6 nitrogen and oxygen atoms in total. The quantitative estimate of drug-likeness (QED) is 0.910. The lowest BCUT2D eigenvalue weighted by Gasteiger charge is -2.35. The Morgan fingerprint density at radius 2 is 2.00 bits per heavy atom. The largest absolute Gasteiger partial charge is 0.368 e. The molecule has 2 heterocycles. The summed E-state index contributed by atoms with van der Waals surface area (Å²) >= 11 is 0. The average Bonchev–Trinajstić information content (AvgIpc) is 2.77. The number of anilines is 2. The van der Waals surface area contributed by atoms with Crippen LogP contribution >= 0.6 is 0 Å². The van der Waals surface area contributed by atoms with Crippen molar-refractivity contribution in [3.63, 3.8) is 0 Å². The summed E-state index contributed by atoms with van der Waals surface area (Å²) in [4.78, 5) is 25.0. The van der Waals surface area contributed by atoms with E-state index in [9.17, 15) is 9.18 Å². The van der Waals surface area contributed by atoms with E-state index in [4.69, 9.17) is 5.73 Å². The monoisotopic (exact) mass is 357 g/mol. The maximum absolute atomic E-state index is 13.2. The minimum Gasteiger partial charge on any atom is -0.368 e. The summed E-state index contributed by atoms with van der Waals surface area (Å²) in [5, 5.41) is 0. The topological polar surface area (TPSA) is 75.4 Å². The van der Waals surface area contributed by atoms with Gasteiger partial charge in [-0.1, -0.05) is 26.0 Å². The first-order valence-corrected chi connectivity index (χ1v) is 8.81. The molecule has 1 fully saturated rings. The Balaban J connectivity index is 1.85. The average molecular weight is 357 g/mol. The molecule has 1 aliphatic rings. The van der Waals surface area contributed by atoms with Gasteiger partial charge in [-0.2, -0.15) is 4.98 Å². The Morgan fingerprint density at radius 1 is 1.27 bits per heavy atom. The van der Waals surface area contributed by atoms with Crippen molar-refractivity contribution < 1.29 is 9.18 Å². The summed E-state index contributed by atoms with van der Waals surface area (Å²) in [6.45, 7) is 5.93. The van der Waals surface area contributed by atoms with Gasteiger partial charge in [0, 0.05) is 32.3 Å². The summed E-state index contributed by atoms with van der Waals surface area (Å²) in [5.74, 6) is 1.04. The number of rotatable bonds is 4. The molecule has 3 rings (SSSR count). The van der Waals surface area contributed by atoms with Crippen LogP contribution in [0.5, 0.6) is 0 Å². The van der Waals surface area contributed by atoms with E-state index < -0.39 is 0 Å². The molecule has 2 aromatic rings. The first-order valence-electron chi connectivity index (χ1n) is 8.81. The number of nitrogen functional groups attached to an aromatic ring is 1. The maximum atomic E-state index is 13.2. The van der Waals surface area contributed by atoms with E-state index in [0.29, 0.717) is 26.1 Å². The molecule has 0 aliphatic carbocycles. The fraction of sp³-hybridized carbons (Fsp3) is 0.421. The number of hydrogen-bond donors (Lipinski definition) is 1. The third kappa shape index (κ3) is 4.09. The van der Waals surface area contributed by atoms with Crippen molar-refractivity contribution in [3.05, 3.63) is 47.9 Å². The summed E-state index contributed by atoms with van der Waals surface area (Å²) in [6.07, 6.45) is 2.03. The molecule has 0 saturated carbocycles. The third-order valence-electron chi connectivity index (χ3n) is 4.74. The zero-order chi connectivity index (χ0) is 18.7. The van der Waals surface area contributed by atoms with Gasteiger partial charge in [-0.15, -0.1) is 0 Å². The molecule has 1 aliphatic heterocycles. The number of carbonyl (C=O) groups is 1. The second kappa shape index (κ2) is 7.68. The SMILES string of the molecule is CC(C)[C@H]1CN(c2ccnc(N)n2)CCC(=O)N1Cc1ccc(F)cc1. The van der Waals surface area contributed by atoms with Crippen molar-refractivity contribution in [2.75, 3.05) is 23.7 Å². The molecule has 1 aromatic carbocycles. The highest BCUT2D eigenvalue weighted by molar-refractivity contribution is 5.78. The normalized spacial score (nSPS) is 18.3. The zero-order valence-electron chi connectivity index (χ0n) is 15.1. The van der Waals surface area contributed by atoms with Crippen LogP contribution in [0.4, 0.5) is 16.2 Å². The highest BCUT2D eigenvalue weighted by atomic mass is 19.1. The highest BCUT2D eigenvalue weighted by Crippen LogP contribution is 2.24. The fourth-order valence-corrected chi connectivity index (χ4v) is 3.29. The second-order valence-electron chi connectivity index (χ2n) is 6.93. The van der Waals surface area contributed by atoms with Gasteiger partial charge in [-0.25, -0.2) is 9.37 Å². The Morgan fingerprint density at radius 3 is 2.65 bits per heavy atom. The molecule has 26 heavy (non-hydrogen) atoms. The summed E-state index contributed by atoms with van der Waals surface area (Å²) in [6, 6.07) is 8.15. The summed E-state index contributed by atoms with van der Waals surface area (Å²) in [7, 11) is 0. The molecular weight excluding hydrogens is 333 g/mol. The van der Waals surface area contributed by atoms with Gasteiger partial charge >= 0.3 is 0 Å². The van der Waals surface area contributed by atoms with Crippen LogP contribution in [0.25, 0.3) is 0 Å². The molecule has 0 radical (unpaired) electrons. The van der Waals surface area contributed by atoms with Crippen LogP contribution in [0.1, 0.15) is 25.8 Å². The van der Waals surface area contributed by atoms with Gasteiger partial charge in [0.2, 0.25) is 11.9 Å². The molecule has 1 amide bonds. The predicted octanol–water partition coefficient (Wildman–Crippen LogP) is 2.46. The lowest BCUT2D eigenvalue weighted by atomic mass is 10.0. The second-order valence-corrected chi connectivity index (χ2v) is 6.93. The molecule has 1 aromatic heterocycles. The van der Waals surface area contributed by atoms with Crippen molar-refractivity contribution in [3.8, 4) is 0 Å². The predicted molar refractivity (Wildman–Crippen MR) is 98.9 cm³/mol. The van der Waals surface area contributed by atoms with Gasteiger partial charge < -0.3 is 15.5 Å². The summed E-state index contributed by atoms with van der Waals surface area (Å²) < 4.78 is 13.2. The minimum atomic E-state index is -0.274. The van der Waals surface area contributed by atoms with Gasteiger partial charge in [-0.3, -0.25) is 4.79 Å². The number of halogens is 1. The van der Waals surface area contributed by atoms with Crippen molar-refractivity contribution in [1.29, 1.82) is 0 Å². The van der Waals surface area contributed by atoms with E-state index in [1.54, 1.807) is 18.3 Å². The number of nitrogens with two attached hydrogens (primary N) is 1. The molecule has 138 valence electrons. The van der Waals surface area contributed by atoms with E-state index in [1.807, 2.05) is 11.0 Å². The molecule has 7 heteroatoms. The number of hydrogen-bond acceptors (Lipinski definition) is 5. The Kier molecular flexibility index (Phi) is 5.35. The number of aromatic nitrogens is 2. The van der Waals surface area contributed by atoms with E-state index in [2.05, 4.69) is 28.7 Å². The van der Waals surface area contributed by atoms with Crippen LogP contribution in [0.3, 0.4) is 0 Å². The van der Waals surface area contributed by atoms with Crippen LogP contribution < -0.4 is 10.6 Å². The van der Waals surface area contributed by atoms with Crippen LogP contribution in [0.15, 0.2) is 36.5 Å². The first kappa shape index (κ1) is 18.1. The molecule has 0 bridgehead atoms. The molecule has 1 saturated heterocycles. The van der Waals surface area contributed by atoms with Crippen LogP contribution in [0, 0.1) is 11.7 Å². The minimum absolute atomic E-state index is 0.0197. The van der Waals surface area contributed by atoms with Crippen LogP contribution in [-0.2, 0) is 11.3 Å². The number of nitrogens with zero attached hydrogens (tertiary/aromatic N) is 4. The van der Waals surface area contributed by atoms with Crippen molar-refractivity contribution in [2.24, 2.45) is 5.92 Å². The lowest BCUT2D eigenvalue weighted by Crippen LogP contribution is -2.46. The van der Waals surface area contributed by atoms with E-state index in [0.717, 1.165) is 11.4 Å². The van der Waals surface area contributed by atoms with Gasteiger partial charge in [0.25, 0.3) is 0 Å². The molecule has 1 atom stereocenters. The zero-order valence-corrected chi connectivity index (χ0v) is 15.1. The number of benzene rings is 1. The summed E-state index contributed by atoms with van der Waals surface area (Å²) in [5.41, 5.74) is 6.63. The van der Waals surface area contributed by atoms with Crippen molar-refractivity contribution in [2.45, 2.75) is 32.9 Å². The standard InChI is InChI=1S/C19H24FN5O/c1-13(2)16-12-24(17-7-9-22-19(21)23-17)10-8-18(26)25(16)11-14-3-5-15(20)6-4-14/h3-7,9,13,16H,8,10-12H2,1-2H3,(H2,21,22,23)/t16-/m1/s1. The van der Waals surface area contributed by atoms with E-state index in [-0.39, 0.29) is 29.6 Å². The van der Waals surface area contributed by atoms with E-state index >= 15 is 0 Å². The maximum Gasteiger partial charge on any atom is 0.224 e. The van der Waals surface area contributed by atoms with Gasteiger partial charge in [0.1, 0.15) is 11.6 Å².